The lowest BCUT2D eigenvalue weighted by atomic mass is 10.1. The molecule has 0 saturated carbocycles. The average molecular weight is 343 g/mol. The highest BCUT2D eigenvalue weighted by Gasteiger charge is 2.33. The lowest BCUT2D eigenvalue weighted by Crippen LogP contribution is -2.42. The van der Waals surface area contributed by atoms with Crippen molar-refractivity contribution in [1.82, 2.24) is 4.31 Å². The van der Waals surface area contributed by atoms with Gasteiger partial charge in [-0.3, -0.25) is 4.79 Å². The van der Waals surface area contributed by atoms with Crippen LogP contribution < -0.4 is 0 Å². The second-order valence-corrected chi connectivity index (χ2v) is 7.67. The van der Waals surface area contributed by atoms with Crippen LogP contribution in [-0.4, -0.2) is 24.7 Å². The summed E-state index contributed by atoms with van der Waals surface area (Å²) < 4.78 is 26.7. The Kier molecular flexibility index (Phi) is 5.24. The van der Waals surface area contributed by atoms with E-state index in [0.29, 0.717) is 5.56 Å². The quantitative estimate of drug-likeness (QED) is 0.779. The van der Waals surface area contributed by atoms with Crippen LogP contribution in [0.3, 0.4) is 0 Å². The van der Waals surface area contributed by atoms with Crippen molar-refractivity contribution in [2.45, 2.75) is 31.7 Å². The number of aryl methyl sites for hydroxylation is 1. The van der Waals surface area contributed by atoms with Crippen LogP contribution in [0.5, 0.6) is 0 Å². The van der Waals surface area contributed by atoms with E-state index >= 15 is 0 Å². The molecule has 0 aliphatic carbocycles. The first kappa shape index (κ1) is 17.9. The molecule has 0 N–H and O–H groups in total. The highest BCUT2D eigenvalue weighted by molar-refractivity contribution is 7.89. The standard InChI is InChI=1S/C19H21NO3S/c1-14(2)20(19(21)16(4)17-8-6-5-7-9-17)24(22,23)18-12-10-15(3)11-13-18/h5-14H,4H2,1-3H3. The smallest absolute Gasteiger partial charge is 0.267 e. The molecule has 0 aromatic heterocycles. The molecule has 0 radical (unpaired) electrons. The number of benzene rings is 2. The third-order valence-electron chi connectivity index (χ3n) is 3.63. The minimum Gasteiger partial charge on any atom is -0.268 e. The molecule has 0 fully saturated rings. The van der Waals surface area contributed by atoms with Crippen molar-refractivity contribution in [3.63, 3.8) is 0 Å². The van der Waals surface area contributed by atoms with Crippen molar-refractivity contribution in [1.29, 1.82) is 0 Å². The Morgan fingerprint density at radius 2 is 1.54 bits per heavy atom. The fraction of sp³-hybridized carbons (Fsp3) is 0.211. The SMILES string of the molecule is C=C(C(=O)N(C(C)C)S(=O)(=O)c1ccc(C)cc1)c1ccccc1. The summed E-state index contributed by atoms with van der Waals surface area (Å²) in [6.45, 7) is 9.00. The maximum Gasteiger partial charge on any atom is 0.267 e. The molecular weight excluding hydrogens is 322 g/mol. The second-order valence-electron chi connectivity index (χ2n) is 5.86. The molecule has 0 aliphatic heterocycles. The molecule has 4 nitrogen and oxygen atoms in total. The number of rotatable bonds is 5. The van der Waals surface area contributed by atoms with E-state index in [0.717, 1.165) is 9.87 Å². The average Bonchev–Trinajstić information content (AvgIpc) is 2.54. The zero-order chi connectivity index (χ0) is 17.9. The topological polar surface area (TPSA) is 54.5 Å². The first-order chi connectivity index (χ1) is 11.2. The van der Waals surface area contributed by atoms with E-state index in [9.17, 15) is 13.2 Å². The predicted octanol–water partition coefficient (Wildman–Crippen LogP) is 3.63. The lowest BCUT2D eigenvalue weighted by molar-refractivity contribution is -0.121. The predicted molar refractivity (Wildman–Crippen MR) is 95.8 cm³/mol. The van der Waals surface area contributed by atoms with Gasteiger partial charge in [-0.25, -0.2) is 12.7 Å². The Morgan fingerprint density at radius 3 is 2.04 bits per heavy atom. The number of hydrogen-bond acceptors (Lipinski definition) is 3. The molecule has 0 aliphatic rings. The normalized spacial score (nSPS) is 11.3. The van der Waals surface area contributed by atoms with Gasteiger partial charge in [0.05, 0.1) is 4.90 Å². The molecule has 5 heteroatoms. The molecule has 0 saturated heterocycles. The number of sulfonamides is 1. The van der Waals surface area contributed by atoms with Crippen LogP contribution in [0.15, 0.2) is 66.1 Å². The molecule has 2 aromatic rings. The zero-order valence-electron chi connectivity index (χ0n) is 14.1. The van der Waals surface area contributed by atoms with E-state index in [2.05, 4.69) is 6.58 Å². The summed E-state index contributed by atoms with van der Waals surface area (Å²) in [7, 11) is -3.95. The molecule has 24 heavy (non-hydrogen) atoms. The fourth-order valence-corrected chi connectivity index (χ4v) is 3.93. The van der Waals surface area contributed by atoms with Crippen LogP contribution in [0.1, 0.15) is 25.0 Å². The summed E-state index contributed by atoms with van der Waals surface area (Å²) in [6, 6.07) is 14.8. The van der Waals surface area contributed by atoms with Gasteiger partial charge in [-0.05, 0) is 38.5 Å². The van der Waals surface area contributed by atoms with E-state index in [-0.39, 0.29) is 10.5 Å². The van der Waals surface area contributed by atoms with Crippen molar-refractivity contribution < 1.29 is 13.2 Å². The van der Waals surface area contributed by atoms with Gasteiger partial charge in [0, 0.05) is 11.6 Å². The number of carbonyl (C=O) groups is 1. The summed E-state index contributed by atoms with van der Waals surface area (Å²) in [6.07, 6.45) is 0. The Balaban J connectivity index is 2.44. The van der Waals surface area contributed by atoms with Crippen LogP contribution in [0.2, 0.25) is 0 Å². The molecule has 2 rings (SSSR count). The molecule has 2 aromatic carbocycles. The van der Waals surface area contributed by atoms with Gasteiger partial charge in [0.25, 0.3) is 15.9 Å². The molecule has 0 atom stereocenters. The zero-order valence-corrected chi connectivity index (χ0v) is 14.9. The molecule has 1 amide bonds. The van der Waals surface area contributed by atoms with Gasteiger partial charge in [0.1, 0.15) is 0 Å². The Hall–Kier alpha value is -2.40. The third-order valence-corrected chi connectivity index (χ3v) is 5.60. The van der Waals surface area contributed by atoms with Crippen molar-refractivity contribution in [3.8, 4) is 0 Å². The van der Waals surface area contributed by atoms with E-state index in [1.54, 1.807) is 50.2 Å². The summed E-state index contributed by atoms with van der Waals surface area (Å²) in [5.41, 5.74) is 1.71. The molecule has 0 spiro atoms. The van der Waals surface area contributed by atoms with Gasteiger partial charge in [0.2, 0.25) is 0 Å². The van der Waals surface area contributed by atoms with Gasteiger partial charge in [-0.2, -0.15) is 0 Å². The van der Waals surface area contributed by atoms with Crippen molar-refractivity contribution in [3.05, 3.63) is 72.3 Å². The van der Waals surface area contributed by atoms with Crippen LogP contribution in [0, 0.1) is 6.92 Å². The van der Waals surface area contributed by atoms with E-state index in [1.165, 1.54) is 12.1 Å². The Morgan fingerprint density at radius 1 is 1.00 bits per heavy atom. The molecule has 0 heterocycles. The monoisotopic (exact) mass is 343 g/mol. The van der Waals surface area contributed by atoms with E-state index in [4.69, 9.17) is 0 Å². The molecule has 0 bridgehead atoms. The number of amides is 1. The maximum absolute atomic E-state index is 12.9. The van der Waals surface area contributed by atoms with Crippen LogP contribution in [0.25, 0.3) is 5.57 Å². The van der Waals surface area contributed by atoms with Crippen molar-refractivity contribution >= 4 is 21.5 Å². The number of hydrogen-bond donors (Lipinski definition) is 0. The first-order valence-electron chi connectivity index (χ1n) is 7.65. The van der Waals surface area contributed by atoms with Crippen LogP contribution in [-0.2, 0) is 14.8 Å². The summed E-state index contributed by atoms with van der Waals surface area (Å²) in [5.74, 6) is -0.614. The lowest BCUT2D eigenvalue weighted by Gasteiger charge is -2.27. The minimum absolute atomic E-state index is 0.0935. The van der Waals surface area contributed by atoms with Gasteiger partial charge in [-0.1, -0.05) is 54.6 Å². The Labute approximate surface area is 143 Å². The van der Waals surface area contributed by atoms with Gasteiger partial charge >= 0.3 is 0 Å². The highest BCUT2D eigenvalue weighted by atomic mass is 32.2. The molecule has 0 unspecified atom stereocenters. The maximum atomic E-state index is 12.9. The van der Waals surface area contributed by atoms with Gasteiger partial charge in [-0.15, -0.1) is 0 Å². The molecule has 126 valence electrons. The second kappa shape index (κ2) is 7.01. The summed E-state index contributed by atoms with van der Waals surface area (Å²) in [5, 5.41) is 0. The minimum atomic E-state index is -3.95. The van der Waals surface area contributed by atoms with Gasteiger partial charge in [0.15, 0.2) is 0 Å². The molecular formula is C19H21NO3S. The number of nitrogens with zero attached hydrogens (tertiary/aromatic N) is 1. The first-order valence-corrected chi connectivity index (χ1v) is 9.09. The highest BCUT2D eigenvalue weighted by Crippen LogP contribution is 2.24. The van der Waals surface area contributed by atoms with Crippen LogP contribution >= 0.6 is 0 Å². The van der Waals surface area contributed by atoms with E-state index in [1.807, 2.05) is 13.0 Å². The third kappa shape index (κ3) is 3.57. The van der Waals surface area contributed by atoms with Gasteiger partial charge < -0.3 is 0 Å². The largest absolute Gasteiger partial charge is 0.268 e. The van der Waals surface area contributed by atoms with Crippen molar-refractivity contribution in [2.24, 2.45) is 0 Å². The summed E-state index contributed by atoms with van der Waals surface area (Å²) in [4.78, 5) is 12.9. The fourth-order valence-electron chi connectivity index (χ4n) is 2.34. The van der Waals surface area contributed by atoms with E-state index < -0.39 is 22.0 Å². The summed E-state index contributed by atoms with van der Waals surface area (Å²) >= 11 is 0. The van der Waals surface area contributed by atoms with Crippen molar-refractivity contribution in [2.75, 3.05) is 0 Å². The number of carbonyl (C=O) groups excluding carboxylic acids is 1. The van der Waals surface area contributed by atoms with Crippen LogP contribution in [0.4, 0.5) is 0 Å². The Bertz CT molecular complexity index is 838.